The second-order valence-corrected chi connectivity index (χ2v) is 5.83. The van der Waals surface area contributed by atoms with E-state index >= 15 is 0 Å². The van der Waals surface area contributed by atoms with Crippen molar-refractivity contribution in [2.75, 3.05) is 0 Å². The SMILES string of the molecule is CC(=O)c1c(C)[nH]c(C(=O)C(C)OC(=O)c2ccc(C=O)cc2)c1C. The average Bonchev–Trinajstić information content (AvgIpc) is 2.88. The number of rotatable bonds is 6. The summed E-state index contributed by atoms with van der Waals surface area (Å²) in [6.45, 7) is 6.30. The van der Waals surface area contributed by atoms with E-state index in [0.717, 1.165) is 0 Å². The van der Waals surface area contributed by atoms with Crippen molar-refractivity contribution in [2.24, 2.45) is 0 Å². The van der Waals surface area contributed by atoms with Crippen LogP contribution in [0.2, 0.25) is 0 Å². The normalized spacial score (nSPS) is 11.7. The maximum absolute atomic E-state index is 12.6. The van der Waals surface area contributed by atoms with Gasteiger partial charge < -0.3 is 9.72 Å². The van der Waals surface area contributed by atoms with E-state index in [1.165, 1.54) is 38.1 Å². The Kier molecular flexibility index (Phi) is 5.32. The zero-order valence-electron chi connectivity index (χ0n) is 14.5. The summed E-state index contributed by atoms with van der Waals surface area (Å²) in [7, 11) is 0. The Balaban J connectivity index is 2.17. The molecule has 0 aliphatic rings. The van der Waals surface area contributed by atoms with Crippen LogP contribution in [0.5, 0.6) is 0 Å². The number of ketones is 2. The van der Waals surface area contributed by atoms with Crippen LogP contribution in [0.25, 0.3) is 0 Å². The Labute approximate surface area is 145 Å². The molecule has 1 N–H and O–H groups in total. The highest BCUT2D eigenvalue weighted by Crippen LogP contribution is 2.20. The van der Waals surface area contributed by atoms with Crippen LogP contribution in [-0.4, -0.2) is 34.9 Å². The number of Topliss-reactive ketones (excluding diaryl/α,β-unsaturated/α-hetero) is 2. The van der Waals surface area contributed by atoms with Gasteiger partial charge in [0.15, 0.2) is 11.9 Å². The van der Waals surface area contributed by atoms with Crippen LogP contribution >= 0.6 is 0 Å². The van der Waals surface area contributed by atoms with Gasteiger partial charge in [0.2, 0.25) is 5.78 Å². The average molecular weight is 341 g/mol. The minimum atomic E-state index is -1.02. The number of benzene rings is 1. The third kappa shape index (κ3) is 3.74. The predicted octanol–water partition coefficient (Wildman–Crippen LogP) is 3.07. The first kappa shape index (κ1) is 18.3. The fraction of sp³-hybridized carbons (Fsp3) is 0.263. The second kappa shape index (κ2) is 7.25. The van der Waals surface area contributed by atoms with Crippen LogP contribution in [0.3, 0.4) is 0 Å². The Morgan fingerprint density at radius 2 is 1.72 bits per heavy atom. The number of ether oxygens (including phenoxy) is 1. The molecular weight excluding hydrogens is 322 g/mol. The monoisotopic (exact) mass is 341 g/mol. The fourth-order valence-corrected chi connectivity index (χ4v) is 2.71. The van der Waals surface area contributed by atoms with Crippen LogP contribution in [0.15, 0.2) is 24.3 Å². The lowest BCUT2D eigenvalue weighted by Crippen LogP contribution is -2.25. The van der Waals surface area contributed by atoms with Crippen LogP contribution < -0.4 is 0 Å². The van der Waals surface area contributed by atoms with Crippen molar-refractivity contribution in [2.45, 2.75) is 33.8 Å². The molecular formula is C19H19NO5. The molecule has 0 amide bonds. The highest BCUT2D eigenvalue weighted by Gasteiger charge is 2.26. The molecule has 2 rings (SSSR count). The standard InChI is InChI=1S/C19H19NO5/c1-10-16(12(3)22)11(2)20-17(10)18(23)13(4)25-19(24)15-7-5-14(9-21)6-8-15/h5-9,13,20H,1-4H3. The number of hydrogen-bond donors (Lipinski definition) is 1. The smallest absolute Gasteiger partial charge is 0.338 e. The van der Waals surface area contributed by atoms with Crippen molar-refractivity contribution >= 4 is 23.8 Å². The molecule has 0 radical (unpaired) electrons. The Morgan fingerprint density at radius 1 is 1.12 bits per heavy atom. The number of carbonyl (C=O) groups is 4. The van der Waals surface area contributed by atoms with Crippen molar-refractivity contribution in [1.82, 2.24) is 4.98 Å². The quantitative estimate of drug-likeness (QED) is 0.495. The zero-order valence-corrected chi connectivity index (χ0v) is 14.5. The van der Waals surface area contributed by atoms with Gasteiger partial charge in [-0.15, -0.1) is 0 Å². The van der Waals surface area contributed by atoms with Gasteiger partial charge in [-0.25, -0.2) is 4.79 Å². The molecule has 1 unspecified atom stereocenters. The van der Waals surface area contributed by atoms with E-state index in [1.807, 2.05) is 0 Å². The number of aryl methyl sites for hydroxylation is 1. The molecule has 0 saturated heterocycles. The number of nitrogens with one attached hydrogen (secondary N) is 1. The van der Waals surface area contributed by atoms with Gasteiger partial charge in [0.1, 0.15) is 6.29 Å². The van der Waals surface area contributed by atoms with Gasteiger partial charge >= 0.3 is 5.97 Å². The molecule has 0 saturated carbocycles. The Morgan fingerprint density at radius 3 is 2.20 bits per heavy atom. The summed E-state index contributed by atoms with van der Waals surface area (Å²) < 4.78 is 5.21. The van der Waals surface area contributed by atoms with E-state index in [1.54, 1.807) is 13.8 Å². The largest absolute Gasteiger partial charge is 0.451 e. The number of esters is 1. The van der Waals surface area contributed by atoms with Crippen molar-refractivity contribution < 1.29 is 23.9 Å². The molecule has 0 aliphatic heterocycles. The summed E-state index contributed by atoms with van der Waals surface area (Å²) in [6, 6.07) is 5.91. The number of aldehydes is 1. The highest BCUT2D eigenvalue weighted by atomic mass is 16.5. The lowest BCUT2D eigenvalue weighted by Gasteiger charge is -2.12. The van der Waals surface area contributed by atoms with E-state index in [0.29, 0.717) is 28.7 Å². The first-order valence-corrected chi connectivity index (χ1v) is 7.76. The number of H-pyrrole nitrogens is 1. The van der Waals surface area contributed by atoms with Crippen LogP contribution in [-0.2, 0) is 4.74 Å². The fourth-order valence-electron chi connectivity index (χ4n) is 2.71. The van der Waals surface area contributed by atoms with E-state index < -0.39 is 17.9 Å². The van der Waals surface area contributed by atoms with E-state index in [9.17, 15) is 19.2 Å². The summed E-state index contributed by atoms with van der Waals surface area (Å²) in [5.74, 6) is -1.21. The second-order valence-electron chi connectivity index (χ2n) is 5.83. The molecule has 25 heavy (non-hydrogen) atoms. The summed E-state index contributed by atoms with van der Waals surface area (Å²) >= 11 is 0. The molecule has 2 aromatic rings. The van der Waals surface area contributed by atoms with E-state index in [2.05, 4.69) is 4.98 Å². The number of hydrogen-bond acceptors (Lipinski definition) is 5. The van der Waals surface area contributed by atoms with Gasteiger partial charge in [0.05, 0.1) is 11.3 Å². The Bertz CT molecular complexity index is 845. The molecule has 6 nitrogen and oxygen atoms in total. The number of carbonyl (C=O) groups excluding carboxylic acids is 4. The first-order chi connectivity index (χ1) is 11.8. The van der Waals surface area contributed by atoms with Gasteiger partial charge in [-0.1, -0.05) is 12.1 Å². The number of aromatic amines is 1. The molecule has 0 spiro atoms. The first-order valence-electron chi connectivity index (χ1n) is 7.76. The minimum absolute atomic E-state index is 0.134. The number of aromatic nitrogens is 1. The lowest BCUT2D eigenvalue weighted by molar-refractivity contribution is 0.0317. The molecule has 1 heterocycles. The maximum Gasteiger partial charge on any atom is 0.338 e. The van der Waals surface area contributed by atoms with Gasteiger partial charge in [-0.2, -0.15) is 0 Å². The lowest BCUT2D eigenvalue weighted by atomic mass is 10.0. The Hall–Kier alpha value is -3.02. The minimum Gasteiger partial charge on any atom is -0.451 e. The molecule has 1 aromatic heterocycles. The van der Waals surface area contributed by atoms with E-state index in [-0.39, 0.29) is 17.0 Å². The van der Waals surface area contributed by atoms with Crippen molar-refractivity contribution in [3.05, 3.63) is 57.9 Å². The summed E-state index contributed by atoms with van der Waals surface area (Å²) in [4.78, 5) is 49.9. The summed E-state index contributed by atoms with van der Waals surface area (Å²) in [6.07, 6.45) is -0.348. The summed E-state index contributed by atoms with van der Waals surface area (Å²) in [5.41, 5.74) is 2.58. The van der Waals surface area contributed by atoms with Gasteiger partial charge in [0.25, 0.3) is 0 Å². The molecule has 130 valence electrons. The van der Waals surface area contributed by atoms with E-state index in [4.69, 9.17) is 4.74 Å². The highest BCUT2D eigenvalue weighted by molar-refractivity contribution is 6.05. The van der Waals surface area contributed by atoms with Gasteiger partial charge in [-0.05, 0) is 45.4 Å². The topological polar surface area (TPSA) is 93.3 Å². The molecule has 0 aliphatic carbocycles. The molecule has 6 heteroatoms. The maximum atomic E-state index is 12.6. The molecule has 1 aromatic carbocycles. The molecule has 0 bridgehead atoms. The summed E-state index contributed by atoms with van der Waals surface area (Å²) in [5, 5.41) is 0. The molecule has 0 fully saturated rings. The van der Waals surface area contributed by atoms with Crippen LogP contribution in [0.4, 0.5) is 0 Å². The van der Waals surface area contributed by atoms with Crippen LogP contribution in [0.1, 0.15) is 66.7 Å². The predicted molar refractivity (Wildman–Crippen MR) is 91.3 cm³/mol. The van der Waals surface area contributed by atoms with Gasteiger partial charge in [-0.3, -0.25) is 14.4 Å². The van der Waals surface area contributed by atoms with Crippen LogP contribution in [0, 0.1) is 13.8 Å². The molecule has 1 atom stereocenters. The zero-order chi connectivity index (χ0) is 18.7. The third-order valence-corrected chi connectivity index (χ3v) is 3.97. The van der Waals surface area contributed by atoms with Crippen molar-refractivity contribution in [3.8, 4) is 0 Å². The van der Waals surface area contributed by atoms with Crippen molar-refractivity contribution in [1.29, 1.82) is 0 Å². The van der Waals surface area contributed by atoms with Crippen molar-refractivity contribution in [3.63, 3.8) is 0 Å². The van der Waals surface area contributed by atoms with Gasteiger partial charge in [0, 0.05) is 16.8 Å². The third-order valence-electron chi connectivity index (χ3n) is 3.97.